The van der Waals surface area contributed by atoms with Crippen molar-refractivity contribution in [3.8, 4) is 0 Å². The van der Waals surface area contributed by atoms with Crippen molar-refractivity contribution in [2.24, 2.45) is 0 Å². The van der Waals surface area contributed by atoms with E-state index in [9.17, 15) is 5.11 Å². The Morgan fingerprint density at radius 1 is 0.762 bits per heavy atom. The van der Waals surface area contributed by atoms with Gasteiger partial charge in [-0.3, -0.25) is 9.97 Å². The van der Waals surface area contributed by atoms with Gasteiger partial charge in [-0.2, -0.15) is 0 Å². The maximum absolute atomic E-state index is 11.3. The first-order chi connectivity index (χ1) is 10.3. The van der Waals surface area contributed by atoms with E-state index in [1.54, 1.807) is 24.8 Å². The maximum atomic E-state index is 11.3. The summed E-state index contributed by atoms with van der Waals surface area (Å²) in [4.78, 5) is 8.17. The van der Waals surface area contributed by atoms with Gasteiger partial charge in [0.05, 0.1) is 0 Å². The van der Waals surface area contributed by atoms with Gasteiger partial charge in [-0.15, -0.1) is 0 Å². The summed E-state index contributed by atoms with van der Waals surface area (Å²) in [5, 5.41) is 11.3. The molecule has 3 nitrogen and oxygen atoms in total. The van der Waals surface area contributed by atoms with E-state index in [4.69, 9.17) is 0 Å². The highest BCUT2D eigenvalue weighted by Gasteiger charge is 2.31. The number of pyridine rings is 2. The molecule has 0 radical (unpaired) electrons. The highest BCUT2D eigenvalue weighted by Crippen LogP contribution is 2.32. The zero-order valence-corrected chi connectivity index (χ0v) is 11.6. The second kappa shape index (κ2) is 5.85. The lowest BCUT2D eigenvalue weighted by molar-refractivity contribution is 0.0807. The smallest absolute Gasteiger partial charge is 0.120 e. The van der Waals surface area contributed by atoms with Crippen LogP contribution in [0.2, 0.25) is 0 Å². The first-order valence-electron chi connectivity index (χ1n) is 6.86. The second-order valence-corrected chi connectivity index (χ2v) is 5.00. The molecule has 0 saturated heterocycles. The van der Waals surface area contributed by atoms with E-state index in [0.717, 1.165) is 16.7 Å². The monoisotopic (exact) mass is 276 g/mol. The minimum atomic E-state index is -1.10. The van der Waals surface area contributed by atoms with Crippen LogP contribution in [0.25, 0.3) is 0 Å². The molecule has 21 heavy (non-hydrogen) atoms. The molecule has 0 bridgehead atoms. The fourth-order valence-electron chi connectivity index (χ4n) is 2.49. The summed E-state index contributed by atoms with van der Waals surface area (Å²) >= 11 is 0. The van der Waals surface area contributed by atoms with E-state index in [-0.39, 0.29) is 0 Å². The van der Waals surface area contributed by atoms with Crippen LogP contribution in [0.5, 0.6) is 0 Å². The molecule has 0 aliphatic carbocycles. The number of aliphatic hydroxyl groups is 1. The van der Waals surface area contributed by atoms with Crippen LogP contribution in [0.4, 0.5) is 0 Å². The molecule has 1 unspecified atom stereocenters. The van der Waals surface area contributed by atoms with Crippen molar-refractivity contribution in [2.75, 3.05) is 0 Å². The Labute approximate surface area is 124 Å². The van der Waals surface area contributed by atoms with Crippen LogP contribution in [0, 0.1) is 0 Å². The summed E-state index contributed by atoms with van der Waals surface area (Å²) in [6.07, 6.45) is 7.38. The van der Waals surface area contributed by atoms with E-state index < -0.39 is 5.60 Å². The number of nitrogens with zero attached hydrogens (tertiary/aromatic N) is 2. The van der Waals surface area contributed by atoms with Gasteiger partial charge in [-0.1, -0.05) is 36.4 Å². The zero-order valence-electron chi connectivity index (χ0n) is 11.6. The standard InChI is InChI=1S/C18H16N2O/c21-18(16-5-2-1-3-6-16,17-7-4-10-20-14-17)13-15-8-11-19-12-9-15/h1-12,14,21H,13H2. The van der Waals surface area contributed by atoms with Crippen molar-refractivity contribution in [1.29, 1.82) is 0 Å². The molecule has 0 spiro atoms. The lowest BCUT2D eigenvalue weighted by Gasteiger charge is -2.29. The minimum Gasteiger partial charge on any atom is -0.380 e. The second-order valence-electron chi connectivity index (χ2n) is 5.00. The summed E-state index contributed by atoms with van der Waals surface area (Å²) in [6.45, 7) is 0. The Hall–Kier alpha value is -2.52. The topological polar surface area (TPSA) is 46.0 Å². The van der Waals surface area contributed by atoms with Crippen LogP contribution < -0.4 is 0 Å². The third-order valence-corrected chi connectivity index (χ3v) is 3.60. The first kappa shape index (κ1) is 13.5. The molecule has 0 fully saturated rings. The first-order valence-corrected chi connectivity index (χ1v) is 6.86. The molecule has 3 heteroatoms. The molecule has 1 N–H and O–H groups in total. The molecule has 3 aromatic rings. The third kappa shape index (κ3) is 2.83. The normalized spacial score (nSPS) is 13.6. The van der Waals surface area contributed by atoms with Crippen LogP contribution >= 0.6 is 0 Å². The van der Waals surface area contributed by atoms with E-state index in [0.29, 0.717) is 6.42 Å². The molecular weight excluding hydrogens is 260 g/mol. The highest BCUT2D eigenvalue weighted by molar-refractivity contribution is 5.36. The Kier molecular flexibility index (Phi) is 3.75. The summed E-state index contributed by atoms with van der Waals surface area (Å²) in [7, 11) is 0. The number of rotatable bonds is 4. The molecule has 104 valence electrons. The molecule has 0 aliphatic rings. The largest absolute Gasteiger partial charge is 0.380 e. The summed E-state index contributed by atoms with van der Waals surface area (Å²) in [6, 6.07) is 17.3. The summed E-state index contributed by atoms with van der Waals surface area (Å²) in [5.41, 5.74) is 1.57. The third-order valence-electron chi connectivity index (χ3n) is 3.60. The van der Waals surface area contributed by atoms with Crippen molar-refractivity contribution in [3.63, 3.8) is 0 Å². The minimum absolute atomic E-state index is 0.477. The lowest BCUT2D eigenvalue weighted by Crippen LogP contribution is -2.30. The van der Waals surface area contributed by atoms with Crippen LogP contribution in [0.1, 0.15) is 16.7 Å². The molecule has 1 atom stereocenters. The number of aromatic nitrogens is 2. The SMILES string of the molecule is OC(Cc1ccncc1)(c1ccccc1)c1cccnc1. The van der Waals surface area contributed by atoms with Crippen LogP contribution in [-0.2, 0) is 12.0 Å². The Morgan fingerprint density at radius 3 is 2.14 bits per heavy atom. The van der Waals surface area contributed by atoms with Gasteiger partial charge in [0, 0.05) is 36.8 Å². The van der Waals surface area contributed by atoms with E-state index in [1.807, 2.05) is 54.6 Å². The average Bonchev–Trinajstić information content (AvgIpc) is 2.57. The number of hydrogen-bond donors (Lipinski definition) is 1. The van der Waals surface area contributed by atoms with Crippen LogP contribution in [0.15, 0.2) is 79.4 Å². The van der Waals surface area contributed by atoms with Gasteiger partial charge in [0.2, 0.25) is 0 Å². The molecule has 3 rings (SSSR count). The number of hydrogen-bond acceptors (Lipinski definition) is 3. The average molecular weight is 276 g/mol. The molecule has 2 aromatic heterocycles. The van der Waals surface area contributed by atoms with Crippen molar-refractivity contribution in [1.82, 2.24) is 9.97 Å². The predicted octanol–water partition coefficient (Wildman–Crippen LogP) is 2.96. The van der Waals surface area contributed by atoms with E-state index >= 15 is 0 Å². The number of benzene rings is 1. The van der Waals surface area contributed by atoms with Crippen LogP contribution in [0.3, 0.4) is 0 Å². The van der Waals surface area contributed by atoms with Gasteiger partial charge >= 0.3 is 0 Å². The predicted molar refractivity (Wildman–Crippen MR) is 81.6 cm³/mol. The van der Waals surface area contributed by atoms with Gasteiger partial charge < -0.3 is 5.11 Å². The highest BCUT2D eigenvalue weighted by atomic mass is 16.3. The van der Waals surface area contributed by atoms with Gasteiger partial charge in [0.25, 0.3) is 0 Å². The van der Waals surface area contributed by atoms with E-state index in [2.05, 4.69) is 9.97 Å². The molecular formula is C18H16N2O. The summed E-state index contributed by atoms with van der Waals surface area (Å²) < 4.78 is 0. The molecule has 1 aromatic carbocycles. The Balaban J connectivity index is 2.07. The van der Waals surface area contributed by atoms with Crippen LogP contribution in [-0.4, -0.2) is 15.1 Å². The van der Waals surface area contributed by atoms with Gasteiger partial charge in [0.1, 0.15) is 5.60 Å². The maximum Gasteiger partial charge on any atom is 0.120 e. The summed E-state index contributed by atoms with van der Waals surface area (Å²) in [5.74, 6) is 0. The van der Waals surface area contributed by atoms with Gasteiger partial charge in [-0.05, 0) is 29.3 Å². The Morgan fingerprint density at radius 2 is 1.48 bits per heavy atom. The van der Waals surface area contributed by atoms with E-state index in [1.165, 1.54) is 0 Å². The molecule has 2 heterocycles. The fourth-order valence-corrected chi connectivity index (χ4v) is 2.49. The van der Waals surface area contributed by atoms with Crippen molar-refractivity contribution in [2.45, 2.75) is 12.0 Å². The van der Waals surface area contributed by atoms with Crippen molar-refractivity contribution < 1.29 is 5.11 Å². The zero-order chi connectivity index (χ0) is 14.5. The fraction of sp³-hybridized carbons (Fsp3) is 0.111. The molecule has 0 aliphatic heterocycles. The lowest BCUT2D eigenvalue weighted by atomic mass is 9.82. The van der Waals surface area contributed by atoms with Crippen molar-refractivity contribution in [3.05, 3.63) is 96.1 Å². The van der Waals surface area contributed by atoms with Crippen molar-refractivity contribution >= 4 is 0 Å². The molecule has 0 amide bonds. The van der Waals surface area contributed by atoms with Gasteiger partial charge in [-0.25, -0.2) is 0 Å². The molecule has 0 saturated carbocycles. The van der Waals surface area contributed by atoms with Gasteiger partial charge in [0.15, 0.2) is 0 Å². The quantitative estimate of drug-likeness (QED) is 0.797. The Bertz CT molecular complexity index is 645.